The zero-order chi connectivity index (χ0) is 40.0. The third-order valence-corrected chi connectivity index (χ3v) is 9.87. The first kappa shape index (κ1) is 44.4. The van der Waals surface area contributed by atoms with Crippen LogP contribution in [0.2, 0.25) is 20.1 Å². The number of aryl methyl sites for hydroxylation is 3. The van der Waals surface area contributed by atoms with Crippen LogP contribution >= 0.6 is 46.4 Å². The summed E-state index contributed by atoms with van der Waals surface area (Å²) in [6.45, 7) is 7.80. The maximum absolute atomic E-state index is 13.0. The van der Waals surface area contributed by atoms with Crippen molar-refractivity contribution in [2.24, 2.45) is 5.18 Å². The van der Waals surface area contributed by atoms with Crippen molar-refractivity contribution in [3.05, 3.63) is 143 Å². The van der Waals surface area contributed by atoms with Gasteiger partial charge in [-0.2, -0.15) is 0 Å². The Balaban J connectivity index is 0.000000363. The maximum atomic E-state index is 13.0. The molecule has 53 heavy (non-hydrogen) atoms. The minimum Gasteiger partial charge on any atom is -0.455 e. The van der Waals surface area contributed by atoms with E-state index in [4.69, 9.17) is 65.8 Å². The fourth-order valence-electron chi connectivity index (χ4n) is 4.45. The summed E-state index contributed by atoms with van der Waals surface area (Å²) in [6.07, 6.45) is 0. The molecule has 0 aromatic heterocycles. The van der Waals surface area contributed by atoms with Gasteiger partial charge in [-0.1, -0.05) is 64.6 Å². The first-order chi connectivity index (χ1) is 25.1. The molecule has 0 atom stereocenters. The molecule has 0 bridgehead atoms. The van der Waals surface area contributed by atoms with Gasteiger partial charge in [0.05, 0.1) is 35.6 Å². The largest absolute Gasteiger partial charge is 0.455 e. The van der Waals surface area contributed by atoms with Crippen LogP contribution in [0, 0.1) is 35.8 Å². The second-order valence-electron chi connectivity index (χ2n) is 10.5. The third-order valence-electron chi connectivity index (χ3n) is 6.95. The molecular formula is C36H33Cl4N3O9S. The average molecular weight is 826 g/mol. The Morgan fingerprint density at radius 3 is 1.79 bits per heavy atom. The van der Waals surface area contributed by atoms with Gasteiger partial charge in [-0.15, -0.1) is 4.91 Å². The number of hydrogen-bond acceptors (Lipinski definition) is 10. The van der Waals surface area contributed by atoms with Gasteiger partial charge in [-0.25, -0.2) is 8.42 Å². The zero-order valence-electron chi connectivity index (χ0n) is 28.8. The number of nitro benzene ring substituents is 1. The molecule has 1 N–H and O–H groups in total. The number of nitro groups is 1. The average Bonchev–Trinajstić information content (AvgIpc) is 3.14. The van der Waals surface area contributed by atoms with E-state index in [-0.39, 0.29) is 32.1 Å². The summed E-state index contributed by atoms with van der Waals surface area (Å²) in [7, 11) is -1.74. The van der Waals surface area contributed by atoms with Gasteiger partial charge in [0.25, 0.3) is 15.7 Å². The summed E-state index contributed by atoms with van der Waals surface area (Å²) in [5, 5.41) is 21.5. The van der Waals surface area contributed by atoms with Crippen LogP contribution in [0.25, 0.3) is 0 Å². The number of nitroso groups, excluding NO2 is 1. The zero-order valence-corrected chi connectivity index (χ0v) is 32.7. The Morgan fingerprint density at radius 2 is 1.28 bits per heavy atom. The monoisotopic (exact) mass is 823 g/mol. The van der Waals surface area contributed by atoms with Crippen molar-refractivity contribution < 1.29 is 32.7 Å². The molecule has 12 nitrogen and oxygen atoms in total. The lowest BCUT2D eigenvalue weighted by Gasteiger charge is -2.20. The van der Waals surface area contributed by atoms with Gasteiger partial charge in [0.2, 0.25) is 0 Å². The van der Waals surface area contributed by atoms with Crippen LogP contribution in [-0.4, -0.2) is 39.4 Å². The van der Waals surface area contributed by atoms with E-state index in [1.807, 2.05) is 39.7 Å². The number of carbonyl (C=O) groups is 1. The lowest BCUT2D eigenvalue weighted by molar-refractivity contribution is -0.384. The summed E-state index contributed by atoms with van der Waals surface area (Å²) in [6, 6.07) is 23.0. The fourth-order valence-corrected chi connectivity index (χ4v) is 6.92. The van der Waals surface area contributed by atoms with E-state index < -0.39 is 14.9 Å². The number of aliphatic hydroxyl groups is 1. The Bertz CT molecular complexity index is 2120. The second-order valence-corrected chi connectivity index (χ2v) is 14.1. The molecule has 0 aliphatic heterocycles. The Morgan fingerprint density at radius 1 is 0.736 bits per heavy atom. The van der Waals surface area contributed by atoms with Gasteiger partial charge in [0.15, 0.2) is 5.75 Å². The highest BCUT2D eigenvalue weighted by atomic mass is 35.5. The topological polar surface area (TPSA) is 166 Å². The van der Waals surface area contributed by atoms with Crippen LogP contribution in [0.1, 0.15) is 16.7 Å². The number of nitrogens with zero attached hydrogens (tertiary/aromatic N) is 3. The molecule has 17 heteroatoms. The number of para-hydroxylation sites is 1. The first-order valence-corrected chi connectivity index (χ1v) is 17.8. The predicted octanol–water partition coefficient (Wildman–Crippen LogP) is 11.1. The smallest absolute Gasteiger partial charge is 0.269 e. The van der Waals surface area contributed by atoms with Crippen LogP contribution < -0.4 is 13.8 Å². The molecule has 0 saturated carbocycles. The van der Waals surface area contributed by atoms with Gasteiger partial charge in [0.1, 0.15) is 29.7 Å². The van der Waals surface area contributed by atoms with E-state index in [9.17, 15) is 23.4 Å². The number of halogens is 4. The van der Waals surface area contributed by atoms with Crippen molar-refractivity contribution in [2.45, 2.75) is 25.7 Å². The molecule has 5 rings (SSSR count). The molecule has 0 amide bonds. The summed E-state index contributed by atoms with van der Waals surface area (Å²) in [4.78, 5) is 28.5. The summed E-state index contributed by atoms with van der Waals surface area (Å²) in [5.74, 6) is 1.67. The van der Waals surface area contributed by atoms with Gasteiger partial charge < -0.3 is 19.4 Å². The molecule has 5 aromatic carbocycles. The summed E-state index contributed by atoms with van der Waals surface area (Å²) < 4.78 is 38.5. The first-order valence-electron chi connectivity index (χ1n) is 14.9. The van der Waals surface area contributed by atoms with Crippen LogP contribution in [0.3, 0.4) is 0 Å². The van der Waals surface area contributed by atoms with Crippen LogP contribution in [0.4, 0.5) is 17.1 Å². The van der Waals surface area contributed by atoms with Gasteiger partial charge >= 0.3 is 0 Å². The van der Waals surface area contributed by atoms with Crippen molar-refractivity contribution in [2.75, 3.05) is 18.5 Å². The quantitative estimate of drug-likeness (QED) is 0.0864. The number of benzene rings is 5. The molecule has 280 valence electrons. The van der Waals surface area contributed by atoms with Crippen LogP contribution in [0.5, 0.6) is 23.0 Å². The van der Waals surface area contributed by atoms with Gasteiger partial charge in [-0.3, -0.25) is 14.4 Å². The Kier molecular flexibility index (Phi) is 17.2. The van der Waals surface area contributed by atoms with E-state index in [0.717, 1.165) is 28.1 Å². The van der Waals surface area contributed by atoms with Crippen molar-refractivity contribution in [3.63, 3.8) is 0 Å². The standard InChI is InChI=1S/C19H13Cl3N2O5S.C15H14ClNO2.CH4O.CH2O/c1-23(12-6-8-13(9-7-12)24(25)26)30(27,28)14-10-16(21)19(17(22)11-14)29-18-5-3-2-4-15(18)20;1-9-6-11(3)15(13(16)7-9)19-14-5-4-12(17-18)8-10(14)2;2*1-2/h2-11H,1H3;4-8H,1-3H3;2H,1H3;1H2. The number of aliphatic hydroxyl groups excluding tert-OH is 1. The lowest BCUT2D eigenvalue weighted by Crippen LogP contribution is -2.26. The number of anilines is 1. The number of carbonyl (C=O) groups excluding carboxylic acids is 1. The van der Waals surface area contributed by atoms with Crippen molar-refractivity contribution in [3.8, 4) is 23.0 Å². The highest BCUT2D eigenvalue weighted by molar-refractivity contribution is 7.92. The van der Waals surface area contributed by atoms with E-state index in [2.05, 4.69) is 5.18 Å². The molecule has 0 saturated heterocycles. The number of rotatable bonds is 9. The Labute approximate surface area is 326 Å². The SMILES string of the molecule is C=O.CN(c1ccc([N+](=O)[O-])cc1)S(=O)(=O)c1cc(Cl)c(Oc2ccccc2Cl)c(Cl)c1.CO.Cc1cc(C)c(Oc2ccc(N=O)cc2C)c(Cl)c1. The molecule has 5 aromatic rings. The normalized spacial score (nSPS) is 10.2. The fraction of sp³-hybridized carbons (Fsp3) is 0.139. The minimum atomic E-state index is -4.05. The summed E-state index contributed by atoms with van der Waals surface area (Å²) >= 11 is 24.7. The molecule has 0 heterocycles. The third kappa shape index (κ3) is 11.6. The number of ether oxygens (including phenoxy) is 2. The van der Waals surface area contributed by atoms with E-state index in [0.29, 0.717) is 33.0 Å². The van der Waals surface area contributed by atoms with Gasteiger partial charge in [-0.05, 0) is 103 Å². The molecule has 0 spiro atoms. The lowest BCUT2D eigenvalue weighted by atomic mass is 10.1. The summed E-state index contributed by atoms with van der Waals surface area (Å²) in [5.41, 5.74) is 3.36. The van der Waals surface area contributed by atoms with Crippen LogP contribution in [-0.2, 0) is 14.8 Å². The molecule has 0 aliphatic carbocycles. The molecular weight excluding hydrogens is 792 g/mol. The minimum absolute atomic E-state index is 0.0295. The Hall–Kier alpha value is -4.76. The van der Waals surface area contributed by atoms with Crippen molar-refractivity contribution >= 4 is 80.3 Å². The molecule has 0 aliphatic rings. The highest BCUT2D eigenvalue weighted by Crippen LogP contribution is 2.41. The highest BCUT2D eigenvalue weighted by Gasteiger charge is 2.25. The molecule has 0 unspecified atom stereocenters. The van der Waals surface area contributed by atoms with Crippen molar-refractivity contribution in [1.29, 1.82) is 0 Å². The van der Waals surface area contributed by atoms with E-state index in [1.165, 1.54) is 43.4 Å². The maximum Gasteiger partial charge on any atom is 0.269 e. The van der Waals surface area contributed by atoms with Crippen molar-refractivity contribution in [1.82, 2.24) is 0 Å². The number of hydrogen-bond donors (Lipinski definition) is 1. The van der Waals surface area contributed by atoms with Gasteiger partial charge in [0, 0.05) is 26.3 Å². The van der Waals surface area contributed by atoms with Crippen LogP contribution in [0.15, 0.2) is 101 Å². The molecule has 0 radical (unpaired) electrons. The number of sulfonamides is 1. The predicted molar refractivity (Wildman–Crippen MR) is 210 cm³/mol. The van der Waals surface area contributed by atoms with E-state index >= 15 is 0 Å². The second kappa shape index (κ2) is 20.5. The number of non-ortho nitro benzene ring substituents is 1. The van der Waals surface area contributed by atoms with E-state index in [1.54, 1.807) is 42.5 Å². The molecule has 0 fully saturated rings.